The molecule has 4 rings (SSSR count). The Morgan fingerprint density at radius 3 is 2.35 bits per heavy atom. The SMILES string of the molecule is CC(=O)CCCc1ccccc1.Cc1ccc(-n2nc(-c3cccnc3)cc2C(F)(F)F)nc1. The Morgan fingerprint density at radius 2 is 1.76 bits per heavy atom. The van der Waals surface area contributed by atoms with Crippen molar-refractivity contribution in [1.82, 2.24) is 19.7 Å². The maximum absolute atomic E-state index is 13.2. The second kappa shape index (κ2) is 11.4. The standard InChI is InChI=1S/C15H11F3N4.C11H14O/c1-10-4-5-14(20-8-10)22-13(15(16,17)18)7-12(21-22)11-3-2-6-19-9-11;1-10(12)6-5-9-11-7-3-2-4-8-11/h2-9H,1H3;2-4,7-8H,5-6,9H2,1H3. The average molecular weight is 467 g/mol. The van der Waals surface area contributed by atoms with E-state index in [9.17, 15) is 18.0 Å². The van der Waals surface area contributed by atoms with Crippen molar-refractivity contribution in [1.29, 1.82) is 0 Å². The number of ketones is 1. The van der Waals surface area contributed by atoms with E-state index in [4.69, 9.17) is 0 Å². The number of aromatic nitrogens is 4. The zero-order valence-corrected chi connectivity index (χ0v) is 19.0. The minimum atomic E-state index is -4.53. The van der Waals surface area contributed by atoms with Crippen LogP contribution in [0.4, 0.5) is 13.2 Å². The summed E-state index contributed by atoms with van der Waals surface area (Å²) in [5.41, 5.74) is 2.01. The molecule has 1 aromatic carbocycles. The lowest BCUT2D eigenvalue weighted by molar-refractivity contribution is -0.142. The highest BCUT2D eigenvalue weighted by molar-refractivity contribution is 5.75. The first-order valence-corrected chi connectivity index (χ1v) is 10.8. The third-order valence-corrected chi connectivity index (χ3v) is 4.91. The van der Waals surface area contributed by atoms with Crippen LogP contribution in [0.1, 0.15) is 36.6 Å². The van der Waals surface area contributed by atoms with Gasteiger partial charge in [-0.2, -0.15) is 18.3 Å². The molecule has 0 aliphatic carbocycles. The highest BCUT2D eigenvalue weighted by Gasteiger charge is 2.36. The Morgan fingerprint density at radius 1 is 1.00 bits per heavy atom. The summed E-state index contributed by atoms with van der Waals surface area (Å²) in [6, 6.07) is 17.8. The minimum absolute atomic E-state index is 0.119. The number of Topliss-reactive ketones (excluding diaryl/α,β-unsaturated/α-hetero) is 1. The van der Waals surface area contributed by atoms with E-state index in [1.165, 1.54) is 24.0 Å². The van der Waals surface area contributed by atoms with Crippen molar-refractivity contribution in [3.8, 4) is 17.1 Å². The van der Waals surface area contributed by atoms with E-state index < -0.39 is 11.9 Å². The van der Waals surface area contributed by atoms with Gasteiger partial charge in [0.05, 0.1) is 5.69 Å². The second-order valence-electron chi connectivity index (χ2n) is 7.80. The summed E-state index contributed by atoms with van der Waals surface area (Å²) in [4.78, 5) is 18.5. The smallest absolute Gasteiger partial charge is 0.300 e. The van der Waals surface area contributed by atoms with Crippen LogP contribution in [0.5, 0.6) is 0 Å². The highest BCUT2D eigenvalue weighted by Crippen LogP contribution is 2.33. The van der Waals surface area contributed by atoms with E-state index in [1.807, 2.05) is 25.1 Å². The number of hydrogen-bond donors (Lipinski definition) is 0. The summed E-state index contributed by atoms with van der Waals surface area (Å²) in [5.74, 6) is 0.402. The Bertz CT molecular complexity index is 1190. The van der Waals surface area contributed by atoms with E-state index in [0.717, 1.165) is 29.2 Å². The van der Waals surface area contributed by atoms with Crippen molar-refractivity contribution < 1.29 is 18.0 Å². The van der Waals surface area contributed by atoms with Crippen molar-refractivity contribution in [3.05, 3.63) is 96.1 Å². The number of carbonyl (C=O) groups excluding carboxylic acids is 1. The Balaban J connectivity index is 0.000000229. The third kappa shape index (κ3) is 7.10. The van der Waals surface area contributed by atoms with Gasteiger partial charge in [-0.25, -0.2) is 9.67 Å². The monoisotopic (exact) mass is 466 g/mol. The summed E-state index contributed by atoms with van der Waals surface area (Å²) in [6.45, 7) is 3.45. The fourth-order valence-electron chi connectivity index (χ4n) is 3.18. The number of carbonyl (C=O) groups is 1. The Kier molecular flexibility index (Phi) is 8.29. The van der Waals surface area contributed by atoms with E-state index in [1.54, 1.807) is 31.3 Å². The van der Waals surface area contributed by atoms with Crippen LogP contribution in [0.3, 0.4) is 0 Å². The number of aryl methyl sites for hydroxylation is 2. The van der Waals surface area contributed by atoms with Crippen LogP contribution in [-0.2, 0) is 17.4 Å². The molecule has 3 aromatic heterocycles. The number of nitrogens with zero attached hydrogens (tertiary/aromatic N) is 4. The van der Waals surface area contributed by atoms with Gasteiger partial charge in [0, 0.05) is 30.6 Å². The molecule has 0 saturated carbocycles. The molecule has 34 heavy (non-hydrogen) atoms. The van der Waals surface area contributed by atoms with Gasteiger partial charge in [0.1, 0.15) is 5.78 Å². The largest absolute Gasteiger partial charge is 0.433 e. The number of alkyl halides is 3. The van der Waals surface area contributed by atoms with Crippen LogP contribution < -0.4 is 0 Å². The Hall–Kier alpha value is -3.81. The summed E-state index contributed by atoms with van der Waals surface area (Å²) in [6.07, 6.45) is 2.68. The molecule has 0 fully saturated rings. The van der Waals surface area contributed by atoms with Crippen LogP contribution in [0.25, 0.3) is 17.1 Å². The molecule has 176 valence electrons. The quantitative estimate of drug-likeness (QED) is 0.337. The molecule has 0 amide bonds. The van der Waals surface area contributed by atoms with Gasteiger partial charge in [-0.15, -0.1) is 0 Å². The molecule has 0 atom stereocenters. The first kappa shape index (κ1) is 24.8. The zero-order valence-electron chi connectivity index (χ0n) is 19.0. The number of benzene rings is 1. The van der Waals surface area contributed by atoms with Crippen LogP contribution in [0, 0.1) is 6.92 Å². The topological polar surface area (TPSA) is 60.7 Å². The summed E-state index contributed by atoms with van der Waals surface area (Å²) >= 11 is 0. The molecule has 0 unspecified atom stereocenters. The van der Waals surface area contributed by atoms with Crippen molar-refractivity contribution in [2.24, 2.45) is 0 Å². The molecule has 5 nitrogen and oxygen atoms in total. The van der Waals surface area contributed by atoms with Gasteiger partial charge in [0.15, 0.2) is 11.5 Å². The number of halogens is 3. The van der Waals surface area contributed by atoms with E-state index in [0.29, 0.717) is 12.0 Å². The van der Waals surface area contributed by atoms with E-state index in [-0.39, 0.29) is 17.3 Å². The van der Waals surface area contributed by atoms with Crippen molar-refractivity contribution >= 4 is 5.78 Å². The molecule has 3 heterocycles. The van der Waals surface area contributed by atoms with Gasteiger partial charge < -0.3 is 4.79 Å². The molecule has 4 aromatic rings. The first-order chi connectivity index (χ1) is 16.2. The molecular weight excluding hydrogens is 441 g/mol. The van der Waals surface area contributed by atoms with Crippen molar-refractivity contribution in [2.75, 3.05) is 0 Å². The summed E-state index contributed by atoms with van der Waals surface area (Å²) < 4.78 is 40.5. The van der Waals surface area contributed by atoms with Gasteiger partial charge >= 0.3 is 6.18 Å². The lowest BCUT2D eigenvalue weighted by atomic mass is 10.1. The highest BCUT2D eigenvalue weighted by atomic mass is 19.4. The molecule has 0 radical (unpaired) electrons. The van der Waals surface area contributed by atoms with Crippen LogP contribution in [0.15, 0.2) is 79.3 Å². The number of rotatable bonds is 6. The third-order valence-electron chi connectivity index (χ3n) is 4.91. The molecule has 0 aliphatic heterocycles. The maximum Gasteiger partial charge on any atom is 0.433 e. The molecular formula is C26H25F3N4O. The van der Waals surface area contributed by atoms with Crippen LogP contribution in [0.2, 0.25) is 0 Å². The first-order valence-electron chi connectivity index (χ1n) is 10.8. The van der Waals surface area contributed by atoms with Gasteiger partial charge in [-0.05, 0) is 62.1 Å². The fourth-order valence-corrected chi connectivity index (χ4v) is 3.18. The number of hydrogen-bond acceptors (Lipinski definition) is 4. The van der Waals surface area contributed by atoms with E-state index >= 15 is 0 Å². The van der Waals surface area contributed by atoms with Gasteiger partial charge in [-0.1, -0.05) is 36.4 Å². The Labute approximate surface area is 196 Å². The predicted octanol–water partition coefficient (Wildman–Crippen LogP) is 6.25. The second-order valence-corrected chi connectivity index (χ2v) is 7.80. The van der Waals surface area contributed by atoms with Crippen LogP contribution in [-0.4, -0.2) is 25.5 Å². The van der Waals surface area contributed by atoms with Crippen molar-refractivity contribution in [2.45, 2.75) is 39.3 Å². The molecule has 0 saturated heterocycles. The van der Waals surface area contributed by atoms with Crippen molar-refractivity contribution in [3.63, 3.8) is 0 Å². The average Bonchev–Trinajstić information content (AvgIpc) is 3.27. The van der Waals surface area contributed by atoms with Gasteiger partial charge in [-0.3, -0.25) is 4.98 Å². The van der Waals surface area contributed by atoms with Crippen LogP contribution >= 0.6 is 0 Å². The lowest BCUT2D eigenvalue weighted by Gasteiger charge is -2.09. The maximum atomic E-state index is 13.2. The van der Waals surface area contributed by atoms with Gasteiger partial charge in [0.25, 0.3) is 0 Å². The molecule has 0 aliphatic rings. The lowest BCUT2D eigenvalue weighted by Crippen LogP contribution is -2.14. The predicted molar refractivity (Wildman–Crippen MR) is 124 cm³/mol. The minimum Gasteiger partial charge on any atom is -0.300 e. The van der Waals surface area contributed by atoms with Gasteiger partial charge in [0.2, 0.25) is 0 Å². The fraction of sp³-hybridized carbons (Fsp3) is 0.231. The number of pyridine rings is 2. The summed E-state index contributed by atoms with van der Waals surface area (Å²) in [7, 11) is 0. The molecule has 0 spiro atoms. The summed E-state index contributed by atoms with van der Waals surface area (Å²) in [5, 5.41) is 4.04. The molecule has 0 bridgehead atoms. The zero-order chi connectivity index (χ0) is 24.6. The molecule has 0 N–H and O–H groups in total. The van der Waals surface area contributed by atoms with E-state index in [2.05, 4.69) is 27.2 Å². The molecule has 8 heteroatoms. The normalized spacial score (nSPS) is 11.0.